The zero-order valence-electron chi connectivity index (χ0n) is 20.2. The highest BCUT2D eigenvalue weighted by Crippen LogP contribution is 2.30. The van der Waals surface area contributed by atoms with E-state index in [1.807, 2.05) is 4.90 Å². The summed E-state index contributed by atoms with van der Waals surface area (Å²) >= 11 is 0. The number of likely N-dealkylation sites (N-methyl/N-ethyl adjacent to an activating group) is 1. The van der Waals surface area contributed by atoms with Crippen LogP contribution in [0, 0.1) is 5.92 Å². The molecule has 3 aliphatic rings. The molecule has 0 spiro atoms. The molecule has 1 N–H and O–H groups in total. The predicted octanol–water partition coefficient (Wildman–Crippen LogP) is 2.75. The van der Waals surface area contributed by atoms with Crippen LogP contribution in [0.25, 0.3) is 0 Å². The molecule has 0 aromatic carbocycles. The number of aromatic amines is 1. The van der Waals surface area contributed by atoms with Crippen LogP contribution in [0.5, 0.6) is 0 Å². The maximum atomic E-state index is 13.0. The lowest BCUT2D eigenvalue weighted by Gasteiger charge is -2.38. The van der Waals surface area contributed by atoms with Gasteiger partial charge in [-0.05, 0) is 57.5 Å². The standard InChI is InChI=1S/C25H41N5O2/c1-4-28(5-2)17-23(31)29-13-10-19(11-14-29)24-26-22-12-15-30(16-21(22)25(32)27-24)20-8-6-18(3)7-9-20/h18-20H,4-17H2,1-3H3,(H,26,27,32). The van der Waals surface area contributed by atoms with Crippen molar-refractivity contribution < 1.29 is 4.79 Å². The molecule has 1 saturated carbocycles. The molecule has 7 heteroatoms. The molecule has 2 aliphatic heterocycles. The number of hydrogen-bond donors (Lipinski definition) is 1. The van der Waals surface area contributed by atoms with Crippen LogP contribution in [0.3, 0.4) is 0 Å². The molecule has 0 radical (unpaired) electrons. The highest BCUT2D eigenvalue weighted by atomic mass is 16.2. The number of piperidine rings is 1. The molecular formula is C25H41N5O2. The van der Waals surface area contributed by atoms with Crippen molar-refractivity contribution in [3.63, 3.8) is 0 Å². The monoisotopic (exact) mass is 443 g/mol. The van der Waals surface area contributed by atoms with Crippen molar-refractivity contribution in [1.82, 2.24) is 24.7 Å². The molecule has 1 saturated heterocycles. The van der Waals surface area contributed by atoms with Crippen molar-refractivity contribution >= 4 is 5.91 Å². The van der Waals surface area contributed by atoms with E-state index in [-0.39, 0.29) is 17.4 Å². The lowest BCUT2D eigenvalue weighted by molar-refractivity contribution is -0.133. The van der Waals surface area contributed by atoms with Crippen molar-refractivity contribution in [2.45, 2.75) is 84.2 Å². The summed E-state index contributed by atoms with van der Waals surface area (Å²) in [5.74, 6) is 2.14. The lowest BCUT2D eigenvalue weighted by atomic mass is 9.86. The number of fused-ring (bicyclic) bond motifs is 1. The van der Waals surface area contributed by atoms with Crippen LogP contribution in [0.1, 0.15) is 82.3 Å². The number of nitrogens with one attached hydrogen (secondary N) is 1. The van der Waals surface area contributed by atoms with Crippen LogP contribution in [0.15, 0.2) is 4.79 Å². The Kier molecular flexibility index (Phi) is 7.66. The van der Waals surface area contributed by atoms with Gasteiger partial charge in [-0.3, -0.25) is 19.4 Å². The van der Waals surface area contributed by atoms with Gasteiger partial charge in [0.1, 0.15) is 5.82 Å². The Morgan fingerprint density at radius 2 is 1.75 bits per heavy atom. The average molecular weight is 444 g/mol. The third-order valence-corrected chi connectivity index (χ3v) is 8.11. The molecule has 0 bridgehead atoms. The zero-order valence-corrected chi connectivity index (χ0v) is 20.2. The van der Waals surface area contributed by atoms with Gasteiger partial charge in [-0.25, -0.2) is 4.98 Å². The molecule has 1 aromatic rings. The first-order valence-electron chi connectivity index (χ1n) is 12.8. The second-order valence-electron chi connectivity index (χ2n) is 10.1. The SMILES string of the molecule is CCN(CC)CC(=O)N1CCC(c2nc3c(c(=O)[nH]2)CN(C2CCC(C)CC2)CC3)CC1. The predicted molar refractivity (Wildman–Crippen MR) is 127 cm³/mol. The molecule has 1 amide bonds. The van der Waals surface area contributed by atoms with Crippen LogP contribution in [-0.2, 0) is 17.8 Å². The van der Waals surface area contributed by atoms with E-state index in [0.29, 0.717) is 12.6 Å². The topological polar surface area (TPSA) is 72.5 Å². The van der Waals surface area contributed by atoms with Crippen LogP contribution < -0.4 is 5.56 Å². The Labute approximate surface area is 192 Å². The van der Waals surface area contributed by atoms with E-state index < -0.39 is 0 Å². The van der Waals surface area contributed by atoms with Crippen LogP contribution in [0.4, 0.5) is 0 Å². The van der Waals surface area contributed by atoms with Gasteiger partial charge >= 0.3 is 0 Å². The molecule has 2 fully saturated rings. The number of nitrogens with zero attached hydrogens (tertiary/aromatic N) is 4. The third kappa shape index (κ3) is 5.25. The number of H-pyrrole nitrogens is 1. The van der Waals surface area contributed by atoms with Gasteiger partial charge in [0.2, 0.25) is 5.91 Å². The first-order valence-corrected chi connectivity index (χ1v) is 12.8. The van der Waals surface area contributed by atoms with Crippen molar-refractivity contribution in [1.29, 1.82) is 0 Å². The summed E-state index contributed by atoms with van der Waals surface area (Å²) in [6.07, 6.45) is 7.74. The first kappa shape index (κ1) is 23.4. The molecule has 7 nitrogen and oxygen atoms in total. The molecule has 178 valence electrons. The number of hydrogen-bond acceptors (Lipinski definition) is 5. The van der Waals surface area contributed by atoms with Crippen molar-refractivity contribution in [2.75, 3.05) is 39.3 Å². The quantitative estimate of drug-likeness (QED) is 0.732. The third-order valence-electron chi connectivity index (χ3n) is 8.11. The minimum atomic E-state index is 0.0546. The Balaban J connectivity index is 1.36. The Morgan fingerprint density at radius 3 is 2.41 bits per heavy atom. The fourth-order valence-electron chi connectivity index (χ4n) is 5.72. The molecule has 4 rings (SSSR count). The molecule has 32 heavy (non-hydrogen) atoms. The lowest BCUT2D eigenvalue weighted by Crippen LogP contribution is -2.45. The number of amides is 1. The van der Waals surface area contributed by atoms with E-state index in [2.05, 4.69) is 35.6 Å². The van der Waals surface area contributed by atoms with Gasteiger partial charge in [-0.1, -0.05) is 20.8 Å². The van der Waals surface area contributed by atoms with Gasteiger partial charge < -0.3 is 9.88 Å². The molecular weight excluding hydrogens is 402 g/mol. The average Bonchev–Trinajstić information content (AvgIpc) is 2.82. The van der Waals surface area contributed by atoms with Gasteiger partial charge in [0.05, 0.1) is 17.8 Å². The van der Waals surface area contributed by atoms with Crippen LogP contribution >= 0.6 is 0 Å². The summed E-state index contributed by atoms with van der Waals surface area (Å²) in [7, 11) is 0. The number of rotatable bonds is 6. The van der Waals surface area contributed by atoms with Crippen LogP contribution in [0.2, 0.25) is 0 Å². The van der Waals surface area contributed by atoms with Gasteiger partial charge in [-0.15, -0.1) is 0 Å². The van der Waals surface area contributed by atoms with Crippen LogP contribution in [-0.4, -0.2) is 75.9 Å². The molecule has 0 atom stereocenters. The fraction of sp³-hybridized carbons (Fsp3) is 0.800. The van der Waals surface area contributed by atoms with E-state index in [0.717, 1.165) is 81.5 Å². The summed E-state index contributed by atoms with van der Waals surface area (Å²) in [6.45, 7) is 12.1. The van der Waals surface area contributed by atoms with Gasteiger partial charge in [0.15, 0.2) is 0 Å². The Bertz CT molecular complexity index is 833. The van der Waals surface area contributed by atoms with E-state index in [4.69, 9.17) is 4.98 Å². The van der Waals surface area contributed by atoms with Gasteiger partial charge in [-0.2, -0.15) is 0 Å². The van der Waals surface area contributed by atoms with E-state index in [9.17, 15) is 9.59 Å². The van der Waals surface area contributed by atoms with Gasteiger partial charge in [0.25, 0.3) is 5.56 Å². The first-order chi connectivity index (χ1) is 15.5. The molecule has 3 heterocycles. The maximum absolute atomic E-state index is 13.0. The Hall–Kier alpha value is -1.73. The second kappa shape index (κ2) is 10.5. The number of carbonyl (C=O) groups excluding carboxylic acids is 1. The number of aromatic nitrogens is 2. The Morgan fingerprint density at radius 1 is 1.06 bits per heavy atom. The van der Waals surface area contributed by atoms with Crippen molar-refractivity contribution in [2.24, 2.45) is 5.92 Å². The highest BCUT2D eigenvalue weighted by molar-refractivity contribution is 5.78. The summed E-state index contributed by atoms with van der Waals surface area (Å²) < 4.78 is 0. The summed E-state index contributed by atoms with van der Waals surface area (Å²) in [5, 5.41) is 0. The van der Waals surface area contributed by atoms with E-state index >= 15 is 0 Å². The highest BCUT2D eigenvalue weighted by Gasteiger charge is 2.31. The largest absolute Gasteiger partial charge is 0.342 e. The molecule has 0 unspecified atom stereocenters. The second-order valence-corrected chi connectivity index (χ2v) is 10.1. The molecule has 1 aromatic heterocycles. The fourth-order valence-corrected chi connectivity index (χ4v) is 5.72. The smallest absolute Gasteiger partial charge is 0.255 e. The van der Waals surface area contributed by atoms with Gasteiger partial charge in [0, 0.05) is 44.6 Å². The minimum absolute atomic E-state index is 0.0546. The van der Waals surface area contributed by atoms with E-state index in [1.165, 1.54) is 25.7 Å². The maximum Gasteiger partial charge on any atom is 0.255 e. The normalized spacial score (nSPS) is 25.2. The molecule has 1 aliphatic carbocycles. The van der Waals surface area contributed by atoms with E-state index in [1.54, 1.807) is 0 Å². The summed E-state index contributed by atoms with van der Waals surface area (Å²) in [4.78, 5) is 40.3. The number of likely N-dealkylation sites (tertiary alicyclic amines) is 1. The van der Waals surface area contributed by atoms with Crippen molar-refractivity contribution in [3.05, 3.63) is 27.4 Å². The summed E-state index contributed by atoms with van der Waals surface area (Å²) in [6, 6.07) is 0.622. The minimum Gasteiger partial charge on any atom is -0.342 e. The number of carbonyl (C=O) groups is 1. The van der Waals surface area contributed by atoms with Crippen molar-refractivity contribution in [3.8, 4) is 0 Å². The summed E-state index contributed by atoms with van der Waals surface area (Å²) in [5.41, 5.74) is 1.94. The zero-order chi connectivity index (χ0) is 22.7.